The zero-order chi connectivity index (χ0) is 19.7. The van der Waals surface area contributed by atoms with Crippen LogP contribution in [0.5, 0.6) is 5.75 Å². The zero-order valence-corrected chi connectivity index (χ0v) is 17.3. The van der Waals surface area contributed by atoms with E-state index in [2.05, 4.69) is 4.98 Å². The SMILES string of the molecule is COc1ccc(S(=O)(=O)c2nc(C(C)(C)C)oc2N2CCCCCC2)cc1. The summed E-state index contributed by atoms with van der Waals surface area (Å²) in [4.78, 5) is 6.67. The van der Waals surface area contributed by atoms with Gasteiger partial charge < -0.3 is 14.1 Å². The topological polar surface area (TPSA) is 72.6 Å². The first-order valence-electron chi connectivity index (χ1n) is 9.39. The summed E-state index contributed by atoms with van der Waals surface area (Å²) in [5.74, 6) is 1.42. The lowest BCUT2D eigenvalue weighted by Crippen LogP contribution is -2.25. The van der Waals surface area contributed by atoms with Gasteiger partial charge in [0.1, 0.15) is 5.75 Å². The molecular weight excluding hydrogens is 364 g/mol. The van der Waals surface area contributed by atoms with Gasteiger partial charge in [-0.25, -0.2) is 8.42 Å². The van der Waals surface area contributed by atoms with Crippen LogP contribution in [0.15, 0.2) is 38.6 Å². The monoisotopic (exact) mass is 392 g/mol. The highest BCUT2D eigenvalue weighted by molar-refractivity contribution is 7.91. The minimum Gasteiger partial charge on any atom is -0.497 e. The Labute approximate surface area is 161 Å². The van der Waals surface area contributed by atoms with Crippen molar-refractivity contribution in [2.45, 2.75) is 61.8 Å². The molecule has 0 bridgehead atoms. The Hall–Kier alpha value is -2.02. The predicted molar refractivity (Wildman–Crippen MR) is 104 cm³/mol. The molecule has 0 saturated carbocycles. The van der Waals surface area contributed by atoms with Crippen LogP contribution in [0.2, 0.25) is 0 Å². The Balaban J connectivity index is 2.09. The molecule has 6 nitrogen and oxygen atoms in total. The van der Waals surface area contributed by atoms with E-state index in [0.717, 1.165) is 38.8 Å². The van der Waals surface area contributed by atoms with E-state index in [-0.39, 0.29) is 15.3 Å². The molecule has 148 valence electrons. The number of nitrogens with zero attached hydrogens (tertiary/aromatic N) is 2. The lowest BCUT2D eigenvalue weighted by Gasteiger charge is -2.20. The zero-order valence-electron chi connectivity index (χ0n) is 16.5. The molecule has 27 heavy (non-hydrogen) atoms. The van der Waals surface area contributed by atoms with E-state index in [4.69, 9.17) is 9.15 Å². The van der Waals surface area contributed by atoms with Gasteiger partial charge in [0.2, 0.25) is 26.6 Å². The third kappa shape index (κ3) is 4.13. The Morgan fingerprint density at radius 1 is 1.04 bits per heavy atom. The smallest absolute Gasteiger partial charge is 0.236 e. The molecule has 0 amide bonds. The summed E-state index contributed by atoms with van der Waals surface area (Å²) in [6.07, 6.45) is 4.34. The van der Waals surface area contributed by atoms with Crippen molar-refractivity contribution in [2.75, 3.05) is 25.1 Å². The summed E-state index contributed by atoms with van der Waals surface area (Å²) in [7, 11) is -2.25. The predicted octanol–water partition coefficient (Wildman–Crippen LogP) is 4.19. The van der Waals surface area contributed by atoms with E-state index < -0.39 is 9.84 Å². The maximum Gasteiger partial charge on any atom is 0.236 e. The van der Waals surface area contributed by atoms with E-state index >= 15 is 0 Å². The van der Waals surface area contributed by atoms with Gasteiger partial charge in [-0.15, -0.1) is 0 Å². The lowest BCUT2D eigenvalue weighted by molar-refractivity contribution is 0.391. The van der Waals surface area contributed by atoms with Crippen LogP contribution in [0.25, 0.3) is 0 Å². The van der Waals surface area contributed by atoms with Crippen molar-refractivity contribution in [3.05, 3.63) is 30.2 Å². The summed E-state index contributed by atoms with van der Waals surface area (Å²) in [6.45, 7) is 7.46. The second-order valence-corrected chi connectivity index (χ2v) is 9.82. The highest BCUT2D eigenvalue weighted by atomic mass is 32.2. The van der Waals surface area contributed by atoms with Gasteiger partial charge in [-0.1, -0.05) is 33.6 Å². The maximum absolute atomic E-state index is 13.3. The Morgan fingerprint density at radius 3 is 2.15 bits per heavy atom. The van der Waals surface area contributed by atoms with Crippen molar-refractivity contribution < 1.29 is 17.6 Å². The first-order valence-corrected chi connectivity index (χ1v) is 10.9. The van der Waals surface area contributed by atoms with Gasteiger partial charge in [-0.05, 0) is 37.1 Å². The number of methoxy groups -OCH3 is 1. The minimum atomic E-state index is -3.80. The molecule has 0 spiro atoms. The van der Waals surface area contributed by atoms with Crippen LogP contribution in [0.1, 0.15) is 52.3 Å². The van der Waals surface area contributed by atoms with Gasteiger partial charge in [-0.3, -0.25) is 0 Å². The number of rotatable bonds is 4. The van der Waals surface area contributed by atoms with Crippen LogP contribution in [-0.4, -0.2) is 33.6 Å². The number of sulfone groups is 1. The highest BCUT2D eigenvalue weighted by Gasteiger charge is 2.34. The molecule has 0 N–H and O–H groups in total. The second kappa shape index (κ2) is 7.54. The van der Waals surface area contributed by atoms with Gasteiger partial charge >= 0.3 is 0 Å². The fourth-order valence-corrected chi connectivity index (χ4v) is 4.46. The number of ether oxygens (including phenoxy) is 1. The van der Waals surface area contributed by atoms with Gasteiger partial charge in [-0.2, -0.15) is 4.98 Å². The molecule has 2 heterocycles. The van der Waals surface area contributed by atoms with Crippen molar-refractivity contribution in [3.8, 4) is 5.75 Å². The quantitative estimate of drug-likeness (QED) is 0.777. The van der Waals surface area contributed by atoms with Crippen molar-refractivity contribution in [2.24, 2.45) is 0 Å². The number of hydrogen-bond acceptors (Lipinski definition) is 6. The molecule has 1 aromatic heterocycles. The van der Waals surface area contributed by atoms with Crippen molar-refractivity contribution >= 4 is 15.7 Å². The molecule has 1 aliphatic heterocycles. The number of oxazole rings is 1. The Morgan fingerprint density at radius 2 is 1.63 bits per heavy atom. The number of benzene rings is 1. The number of aromatic nitrogens is 1. The van der Waals surface area contributed by atoms with E-state index in [1.165, 1.54) is 0 Å². The third-order valence-electron chi connectivity index (χ3n) is 4.74. The first-order chi connectivity index (χ1) is 12.7. The highest BCUT2D eigenvalue weighted by Crippen LogP contribution is 2.36. The molecule has 0 aliphatic carbocycles. The number of anilines is 1. The molecule has 0 unspecified atom stereocenters. The van der Waals surface area contributed by atoms with Gasteiger partial charge in [0.25, 0.3) is 0 Å². The normalized spacial score (nSPS) is 16.2. The molecule has 3 rings (SSSR count). The van der Waals surface area contributed by atoms with Crippen molar-refractivity contribution in [1.82, 2.24) is 4.98 Å². The third-order valence-corrected chi connectivity index (χ3v) is 6.41. The molecule has 1 saturated heterocycles. The molecule has 0 radical (unpaired) electrons. The van der Waals surface area contributed by atoms with Crippen molar-refractivity contribution in [1.29, 1.82) is 0 Å². The fourth-order valence-electron chi connectivity index (χ4n) is 3.13. The average molecular weight is 393 g/mol. The minimum absolute atomic E-state index is 0.0134. The van der Waals surface area contributed by atoms with Crippen LogP contribution in [-0.2, 0) is 15.3 Å². The van der Waals surface area contributed by atoms with Crippen LogP contribution >= 0.6 is 0 Å². The second-order valence-electron chi connectivity index (χ2n) is 7.96. The van der Waals surface area contributed by atoms with E-state index in [1.54, 1.807) is 31.4 Å². The van der Waals surface area contributed by atoms with Gasteiger partial charge in [0.15, 0.2) is 0 Å². The number of hydrogen-bond donors (Lipinski definition) is 0. The Kier molecular flexibility index (Phi) is 5.51. The summed E-state index contributed by atoms with van der Waals surface area (Å²) in [5, 5.41) is 0.0134. The molecule has 1 aromatic carbocycles. The van der Waals surface area contributed by atoms with E-state index in [9.17, 15) is 8.42 Å². The molecule has 1 fully saturated rings. The van der Waals surface area contributed by atoms with E-state index in [1.807, 2.05) is 25.7 Å². The standard InChI is InChI=1S/C20H28N2O4S/c1-20(2,3)19-21-17(18(26-19)22-13-7-5-6-8-14-22)27(23,24)16-11-9-15(25-4)10-12-16/h9-12H,5-8,13-14H2,1-4H3. The lowest BCUT2D eigenvalue weighted by atomic mass is 9.97. The summed E-state index contributed by atoms with van der Waals surface area (Å²) in [5.41, 5.74) is -0.381. The summed E-state index contributed by atoms with van der Waals surface area (Å²) in [6, 6.07) is 6.38. The summed E-state index contributed by atoms with van der Waals surface area (Å²) >= 11 is 0. The van der Waals surface area contributed by atoms with Crippen LogP contribution in [0.3, 0.4) is 0 Å². The fraction of sp³-hybridized carbons (Fsp3) is 0.550. The molecule has 0 atom stereocenters. The average Bonchev–Trinajstić information content (AvgIpc) is 2.93. The Bertz CT molecular complexity index is 872. The van der Waals surface area contributed by atoms with Gasteiger partial charge in [0.05, 0.1) is 12.0 Å². The van der Waals surface area contributed by atoms with Crippen LogP contribution in [0, 0.1) is 0 Å². The molecular formula is C20H28N2O4S. The van der Waals surface area contributed by atoms with Crippen LogP contribution < -0.4 is 9.64 Å². The first kappa shape index (κ1) is 19.7. The van der Waals surface area contributed by atoms with E-state index in [0.29, 0.717) is 17.5 Å². The van der Waals surface area contributed by atoms with Crippen molar-refractivity contribution in [3.63, 3.8) is 0 Å². The molecule has 2 aromatic rings. The molecule has 7 heteroatoms. The maximum atomic E-state index is 13.3. The molecule has 1 aliphatic rings. The summed E-state index contributed by atoms with van der Waals surface area (Å²) < 4.78 is 37.8. The van der Waals surface area contributed by atoms with Crippen LogP contribution in [0.4, 0.5) is 5.88 Å². The largest absolute Gasteiger partial charge is 0.497 e. The van der Waals surface area contributed by atoms with Gasteiger partial charge in [0, 0.05) is 18.5 Å².